The van der Waals surface area contributed by atoms with Crippen LogP contribution in [0.1, 0.15) is 34.1 Å². The predicted molar refractivity (Wildman–Crippen MR) is 76.8 cm³/mol. The first-order valence-electron chi connectivity index (χ1n) is 7.29. The number of likely N-dealkylation sites (tertiary alicyclic amines) is 1. The molecule has 0 saturated carbocycles. The maximum atomic E-state index is 13.3. The van der Waals surface area contributed by atoms with Crippen LogP contribution in [0.15, 0.2) is 30.5 Å². The maximum absolute atomic E-state index is 13.3. The minimum absolute atomic E-state index is 0.0231. The SMILES string of the molecule is Cn1nncc1C(=O)N1C[C@H](O)C[C@@H]1c1ccccc1C(F)(F)F. The lowest BCUT2D eigenvalue weighted by atomic mass is 9.97. The lowest BCUT2D eigenvalue weighted by Crippen LogP contribution is -2.33. The molecule has 2 aromatic rings. The molecule has 0 spiro atoms. The van der Waals surface area contributed by atoms with Crippen LogP contribution in [-0.4, -0.2) is 43.6 Å². The summed E-state index contributed by atoms with van der Waals surface area (Å²) < 4.78 is 41.1. The molecule has 128 valence electrons. The van der Waals surface area contributed by atoms with Crippen molar-refractivity contribution in [2.75, 3.05) is 6.54 Å². The summed E-state index contributed by atoms with van der Waals surface area (Å²) in [5.74, 6) is -0.513. The van der Waals surface area contributed by atoms with Crippen LogP contribution in [0.2, 0.25) is 0 Å². The van der Waals surface area contributed by atoms with E-state index in [9.17, 15) is 23.1 Å². The highest BCUT2D eigenvalue weighted by atomic mass is 19.4. The van der Waals surface area contributed by atoms with E-state index in [-0.39, 0.29) is 24.2 Å². The molecule has 2 heterocycles. The van der Waals surface area contributed by atoms with Crippen molar-refractivity contribution < 1.29 is 23.1 Å². The van der Waals surface area contributed by atoms with Gasteiger partial charge in [0.25, 0.3) is 5.91 Å². The number of aromatic nitrogens is 3. The second-order valence-electron chi connectivity index (χ2n) is 5.69. The molecule has 2 atom stereocenters. The van der Waals surface area contributed by atoms with E-state index in [1.165, 1.54) is 41.0 Å². The average molecular weight is 340 g/mol. The fourth-order valence-corrected chi connectivity index (χ4v) is 3.01. The maximum Gasteiger partial charge on any atom is 0.416 e. The molecule has 6 nitrogen and oxygen atoms in total. The molecule has 1 amide bonds. The Balaban J connectivity index is 2.01. The van der Waals surface area contributed by atoms with Crippen molar-refractivity contribution in [2.24, 2.45) is 7.05 Å². The van der Waals surface area contributed by atoms with Crippen LogP contribution in [0.4, 0.5) is 13.2 Å². The first-order chi connectivity index (χ1) is 11.3. The molecule has 1 aromatic carbocycles. The van der Waals surface area contributed by atoms with Crippen LogP contribution >= 0.6 is 0 Å². The number of halogens is 3. The van der Waals surface area contributed by atoms with E-state index < -0.39 is 29.8 Å². The number of β-amino-alcohol motifs (C(OH)–C–C–N with tert-alkyl or cyclic N) is 1. The summed E-state index contributed by atoms with van der Waals surface area (Å²) in [6.07, 6.45) is -4.13. The van der Waals surface area contributed by atoms with E-state index in [0.717, 1.165) is 6.07 Å². The Hall–Kier alpha value is -2.42. The second-order valence-corrected chi connectivity index (χ2v) is 5.69. The van der Waals surface area contributed by atoms with Crippen LogP contribution < -0.4 is 0 Å². The van der Waals surface area contributed by atoms with Crippen molar-refractivity contribution >= 4 is 5.91 Å². The molecule has 9 heteroatoms. The fourth-order valence-electron chi connectivity index (χ4n) is 3.01. The molecular formula is C15H15F3N4O2. The van der Waals surface area contributed by atoms with Crippen LogP contribution in [-0.2, 0) is 13.2 Å². The number of hydrogen-bond donors (Lipinski definition) is 1. The Morgan fingerprint density at radius 2 is 2.04 bits per heavy atom. The molecule has 1 fully saturated rings. The first-order valence-corrected chi connectivity index (χ1v) is 7.29. The minimum atomic E-state index is -4.53. The van der Waals surface area contributed by atoms with Gasteiger partial charge in [-0.15, -0.1) is 5.10 Å². The number of alkyl halides is 3. The van der Waals surface area contributed by atoms with Gasteiger partial charge in [0.15, 0.2) is 0 Å². The van der Waals surface area contributed by atoms with Gasteiger partial charge >= 0.3 is 6.18 Å². The molecule has 1 aliphatic rings. The molecule has 0 bridgehead atoms. The smallest absolute Gasteiger partial charge is 0.391 e. The van der Waals surface area contributed by atoms with Gasteiger partial charge in [-0.3, -0.25) is 4.79 Å². The number of nitrogens with zero attached hydrogens (tertiary/aromatic N) is 4. The first kappa shape index (κ1) is 16.4. The quantitative estimate of drug-likeness (QED) is 0.905. The zero-order valence-corrected chi connectivity index (χ0v) is 12.7. The normalized spacial score (nSPS) is 21.3. The molecule has 3 rings (SSSR count). The molecule has 0 radical (unpaired) electrons. The summed E-state index contributed by atoms with van der Waals surface area (Å²) in [5, 5.41) is 17.2. The summed E-state index contributed by atoms with van der Waals surface area (Å²) >= 11 is 0. The van der Waals surface area contributed by atoms with E-state index in [1.807, 2.05) is 0 Å². The topological polar surface area (TPSA) is 71.2 Å². The van der Waals surface area contributed by atoms with E-state index in [2.05, 4.69) is 10.3 Å². The number of hydrogen-bond acceptors (Lipinski definition) is 4. The minimum Gasteiger partial charge on any atom is -0.391 e. The molecule has 1 aliphatic heterocycles. The average Bonchev–Trinajstić information content (AvgIpc) is 3.11. The van der Waals surface area contributed by atoms with Gasteiger partial charge in [-0.05, 0) is 18.1 Å². The van der Waals surface area contributed by atoms with Crippen LogP contribution in [0.3, 0.4) is 0 Å². The van der Waals surface area contributed by atoms with Crippen LogP contribution in [0, 0.1) is 0 Å². The number of aliphatic hydroxyl groups is 1. The monoisotopic (exact) mass is 340 g/mol. The molecule has 1 N–H and O–H groups in total. The summed E-state index contributed by atoms with van der Waals surface area (Å²) in [6, 6.07) is 4.25. The van der Waals surface area contributed by atoms with Crippen molar-refractivity contribution in [3.8, 4) is 0 Å². The third kappa shape index (κ3) is 2.86. The Morgan fingerprint density at radius 1 is 1.33 bits per heavy atom. The van der Waals surface area contributed by atoms with Gasteiger partial charge in [0, 0.05) is 13.6 Å². The standard InChI is InChI=1S/C15H15F3N4O2/c1-21-13(7-19-20-21)14(24)22-8-9(23)6-12(22)10-4-2-3-5-11(10)15(16,17)18/h2-5,7,9,12,23H,6,8H2,1H3/t9-,12-/m1/s1. The second kappa shape index (κ2) is 5.90. The van der Waals surface area contributed by atoms with Crippen molar-refractivity contribution in [1.82, 2.24) is 19.9 Å². The zero-order valence-electron chi connectivity index (χ0n) is 12.7. The van der Waals surface area contributed by atoms with Gasteiger partial charge in [-0.1, -0.05) is 23.4 Å². The number of amides is 1. The van der Waals surface area contributed by atoms with E-state index in [4.69, 9.17) is 0 Å². The lowest BCUT2D eigenvalue weighted by Gasteiger charge is -2.26. The molecule has 0 unspecified atom stereocenters. The Labute approximate surface area is 135 Å². The van der Waals surface area contributed by atoms with E-state index >= 15 is 0 Å². The molecule has 1 aromatic heterocycles. The number of benzene rings is 1. The summed E-state index contributed by atoms with van der Waals surface area (Å²) in [5.41, 5.74) is -0.673. The summed E-state index contributed by atoms with van der Waals surface area (Å²) in [4.78, 5) is 13.9. The number of carbonyl (C=O) groups is 1. The predicted octanol–water partition coefficient (Wildman–Crippen LogP) is 1.78. The van der Waals surface area contributed by atoms with Crippen molar-refractivity contribution in [3.05, 3.63) is 47.3 Å². The largest absolute Gasteiger partial charge is 0.416 e. The number of rotatable bonds is 2. The van der Waals surface area contributed by atoms with Crippen molar-refractivity contribution in [2.45, 2.75) is 24.7 Å². The van der Waals surface area contributed by atoms with Crippen LogP contribution in [0.5, 0.6) is 0 Å². The number of aryl methyl sites for hydroxylation is 1. The zero-order chi connectivity index (χ0) is 17.5. The molecular weight excluding hydrogens is 325 g/mol. The summed E-state index contributed by atoms with van der Waals surface area (Å²) in [6.45, 7) is -0.0408. The van der Waals surface area contributed by atoms with Crippen molar-refractivity contribution in [3.63, 3.8) is 0 Å². The highest BCUT2D eigenvalue weighted by Gasteiger charge is 2.42. The van der Waals surface area contributed by atoms with Gasteiger partial charge in [0.05, 0.1) is 23.9 Å². The van der Waals surface area contributed by atoms with Crippen LogP contribution in [0.25, 0.3) is 0 Å². The number of carbonyl (C=O) groups excluding carboxylic acids is 1. The lowest BCUT2D eigenvalue weighted by molar-refractivity contribution is -0.138. The van der Waals surface area contributed by atoms with Gasteiger partial charge in [0.1, 0.15) is 5.69 Å². The van der Waals surface area contributed by atoms with E-state index in [0.29, 0.717) is 0 Å². The van der Waals surface area contributed by atoms with Gasteiger partial charge in [0.2, 0.25) is 0 Å². The third-order valence-corrected chi connectivity index (χ3v) is 4.10. The van der Waals surface area contributed by atoms with Gasteiger partial charge < -0.3 is 10.0 Å². The molecule has 24 heavy (non-hydrogen) atoms. The molecule has 1 saturated heterocycles. The molecule has 0 aliphatic carbocycles. The van der Waals surface area contributed by atoms with Gasteiger partial charge in [-0.2, -0.15) is 13.2 Å². The Bertz CT molecular complexity index is 759. The Morgan fingerprint density at radius 3 is 2.67 bits per heavy atom. The number of aliphatic hydroxyl groups excluding tert-OH is 1. The Kier molecular flexibility index (Phi) is 4.04. The van der Waals surface area contributed by atoms with Gasteiger partial charge in [-0.25, -0.2) is 4.68 Å². The highest BCUT2D eigenvalue weighted by molar-refractivity contribution is 5.92. The summed E-state index contributed by atoms with van der Waals surface area (Å²) in [7, 11) is 1.52. The fraction of sp³-hybridized carbons (Fsp3) is 0.400. The third-order valence-electron chi connectivity index (χ3n) is 4.10. The van der Waals surface area contributed by atoms with Crippen molar-refractivity contribution in [1.29, 1.82) is 0 Å². The van der Waals surface area contributed by atoms with E-state index in [1.54, 1.807) is 0 Å². The highest BCUT2D eigenvalue weighted by Crippen LogP contribution is 2.40.